The second-order valence-corrected chi connectivity index (χ2v) is 5.08. The lowest BCUT2D eigenvalue weighted by atomic mass is 9.93. The van der Waals surface area contributed by atoms with E-state index in [1.54, 1.807) is 0 Å². The highest BCUT2D eigenvalue weighted by Gasteiger charge is 2.20. The quantitative estimate of drug-likeness (QED) is 0.659. The molecule has 0 unspecified atom stereocenters. The molecule has 0 aliphatic heterocycles. The summed E-state index contributed by atoms with van der Waals surface area (Å²) in [4.78, 5) is 13.5. The standard InChI is InChI=1S/C12H26N2O/c1-5-6-7-8-11(15)14(4)10-12(2,3)9-13/h5-10,13H2,1-4H3. The molecule has 0 spiro atoms. The van der Waals surface area contributed by atoms with E-state index in [9.17, 15) is 4.79 Å². The molecule has 1 amide bonds. The minimum atomic E-state index is 0.0230. The van der Waals surface area contributed by atoms with Crippen molar-refractivity contribution in [2.75, 3.05) is 20.1 Å². The third-order valence-corrected chi connectivity index (χ3v) is 2.64. The van der Waals surface area contributed by atoms with Crippen molar-refractivity contribution in [3.8, 4) is 0 Å². The first-order valence-electron chi connectivity index (χ1n) is 5.87. The third-order valence-electron chi connectivity index (χ3n) is 2.64. The number of rotatable bonds is 7. The van der Waals surface area contributed by atoms with Gasteiger partial charge in [0.05, 0.1) is 0 Å². The molecule has 0 aliphatic carbocycles. The highest BCUT2D eigenvalue weighted by Crippen LogP contribution is 2.14. The molecule has 3 nitrogen and oxygen atoms in total. The maximum Gasteiger partial charge on any atom is 0.222 e. The van der Waals surface area contributed by atoms with Gasteiger partial charge in [0.15, 0.2) is 0 Å². The summed E-state index contributed by atoms with van der Waals surface area (Å²) in [5.74, 6) is 0.241. The van der Waals surface area contributed by atoms with E-state index in [-0.39, 0.29) is 11.3 Å². The van der Waals surface area contributed by atoms with E-state index < -0.39 is 0 Å². The van der Waals surface area contributed by atoms with Crippen LogP contribution in [-0.2, 0) is 4.79 Å². The van der Waals surface area contributed by atoms with Crippen LogP contribution in [0, 0.1) is 5.41 Å². The Bertz CT molecular complexity index is 190. The van der Waals surface area contributed by atoms with E-state index in [1.165, 1.54) is 0 Å². The van der Waals surface area contributed by atoms with Gasteiger partial charge >= 0.3 is 0 Å². The number of amides is 1. The molecule has 0 aliphatic rings. The number of hydrogen-bond donors (Lipinski definition) is 1. The van der Waals surface area contributed by atoms with Crippen LogP contribution in [0.2, 0.25) is 0 Å². The van der Waals surface area contributed by atoms with Gasteiger partial charge in [-0.25, -0.2) is 0 Å². The zero-order valence-electron chi connectivity index (χ0n) is 10.7. The van der Waals surface area contributed by atoms with Crippen LogP contribution in [0.4, 0.5) is 0 Å². The van der Waals surface area contributed by atoms with Crippen molar-refractivity contribution < 1.29 is 4.79 Å². The zero-order chi connectivity index (χ0) is 11.9. The lowest BCUT2D eigenvalue weighted by Gasteiger charge is -2.29. The van der Waals surface area contributed by atoms with Crippen LogP contribution in [0.5, 0.6) is 0 Å². The lowest BCUT2D eigenvalue weighted by molar-refractivity contribution is -0.131. The van der Waals surface area contributed by atoms with Gasteiger partial charge in [-0.2, -0.15) is 0 Å². The summed E-state index contributed by atoms with van der Waals surface area (Å²) < 4.78 is 0. The normalized spacial score (nSPS) is 11.5. The average Bonchev–Trinajstić information content (AvgIpc) is 2.17. The van der Waals surface area contributed by atoms with Crippen molar-refractivity contribution >= 4 is 5.91 Å². The summed E-state index contributed by atoms with van der Waals surface area (Å²) in [7, 11) is 1.87. The maximum atomic E-state index is 11.7. The molecular formula is C12H26N2O. The first-order chi connectivity index (χ1) is 6.93. The van der Waals surface area contributed by atoms with Gasteiger partial charge in [0.25, 0.3) is 0 Å². The molecule has 0 rings (SSSR count). The van der Waals surface area contributed by atoms with E-state index in [2.05, 4.69) is 20.8 Å². The van der Waals surface area contributed by atoms with E-state index in [1.807, 2.05) is 11.9 Å². The Kier molecular flexibility index (Phi) is 6.57. The average molecular weight is 214 g/mol. The van der Waals surface area contributed by atoms with E-state index in [0.29, 0.717) is 13.0 Å². The third kappa shape index (κ3) is 6.50. The van der Waals surface area contributed by atoms with Crippen molar-refractivity contribution in [2.24, 2.45) is 11.1 Å². The fraction of sp³-hybridized carbons (Fsp3) is 0.917. The van der Waals surface area contributed by atoms with Crippen LogP contribution >= 0.6 is 0 Å². The largest absolute Gasteiger partial charge is 0.345 e. The Labute approximate surface area is 94.0 Å². The van der Waals surface area contributed by atoms with Crippen LogP contribution in [0.1, 0.15) is 46.5 Å². The predicted octanol–water partition coefficient (Wildman–Crippen LogP) is 2.01. The van der Waals surface area contributed by atoms with Crippen molar-refractivity contribution in [2.45, 2.75) is 46.5 Å². The summed E-state index contributed by atoms with van der Waals surface area (Å²) in [6.45, 7) is 7.67. The Balaban J connectivity index is 3.88. The number of carbonyl (C=O) groups excluding carboxylic acids is 1. The van der Waals surface area contributed by atoms with Crippen LogP contribution in [0.25, 0.3) is 0 Å². The molecule has 15 heavy (non-hydrogen) atoms. The second-order valence-electron chi connectivity index (χ2n) is 5.08. The number of nitrogens with two attached hydrogens (primary N) is 1. The van der Waals surface area contributed by atoms with Gasteiger partial charge in [0, 0.05) is 20.0 Å². The molecular weight excluding hydrogens is 188 g/mol. The molecule has 0 fully saturated rings. The van der Waals surface area contributed by atoms with Gasteiger partial charge in [-0.15, -0.1) is 0 Å². The van der Waals surface area contributed by atoms with Gasteiger partial charge in [-0.05, 0) is 18.4 Å². The molecule has 0 heterocycles. The van der Waals surface area contributed by atoms with Gasteiger partial charge < -0.3 is 10.6 Å². The summed E-state index contributed by atoms with van der Waals surface area (Å²) in [6.07, 6.45) is 3.97. The van der Waals surface area contributed by atoms with Gasteiger partial charge in [0.1, 0.15) is 0 Å². The number of carbonyl (C=O) groups is 1. The molecule has 0 radical (unpaired) electrons. The minimum absolute atomic E-state index is 0.0230. The van der Waals surface area contributed by atoms with Gasteiger partial charge in [0.2, 0.25) is 5.91 Å². The van der Waals surface area contributed by atoms with Crippen LogP contribution in [0.15, 0.2) is 0 Å². The van der Waals surface area contributed by atoms with Crippen molar-refractivity contribution in [1.29, 1.82) is 0 Å². The van der Waals surface area contributed by atoms with Crippen molar-refractivity contribution in [3.05, 3.63) is 0 Å². The number of unbranched alkanes of at least 4 members (excludes halogenated alkanes) is 2. The summed E-state index contributed by atoms with van der Waals surface area (Å²) in [5, 5.41) is 0. The molecule has 90 valence electrons. The van der Waals surface area contributed by atoms with Crippen molar-refractivity contribution in [1.82, 2.24) is 4.90 Å². The predicted molar refractivity (Wildman–Crippen MR) is 64.6 cm³/mol. The molecule has 0 aromatic heterocycles. The molecule has 0 saturated carbocycles. The van der Waals surface area contributed by atoms with Gasteiger partial charge in [-0.3, -0.25) is 4.79 Å². The molecule has 0 aromatic carbocycles. The first kappa shape index (κ1) is 14.4. The fourth-order valence-electron chi connectivity index (χ4n) is 1.51. The van der Waals surface area contributed by atoms with Crippen molar-refractivity contribution in [3.63, 3.8) is 0 Å². The topological polar surface area (TPSA) is 46.3 Å². The monoisotopic (exact) mass is 214 g/mol. The Morgan fingerprint density at radius 3 is 2.40 bits per heavy atom. The number of nitrogens with zero attached hydrogens (tertiary/aromatic N) is 1. The molecule has 0 aromatic rings. The second kappa shape index (κ2) is 6.83. The molecule has 0 bridgehead atoms. The molecule has 2 N–H and O–H groups in total. The Morgan fingerprint density at radius 1 is 1.33 bits per heavy atom. The van der Waals surface area contributed by atoms with Crippen LogP contribution in [0.3, 0.4) is 0 Å². The van der Waals surface area contributed by atoms with Gasteiger partial charge in [-0.1, -0.05) is 33.6 Å². The molecule has 3 heteroatoms. The smallest absolute Gasteiger partial charge is 0.222 e. The maximum absolute atomic E-state index is 11.7. The zero-order valence-corrected chi connectivity index (χ0v) is 10.7. The molecule has 0 atom stereocenters. The summed E-state index contributed by atoms with van der Waals surface area (Å²) in [5.41, 5.74) is 5.66. The number of hydrogen-bond acceptors (Lipinski definition) is 2. The highest BCUT2D eigenvalue weighted by atomic mass is 16.2. The Morgan fingerprint density at radius 2 is 1.93 bits per heavy atom. The van der Waals surface area contributed by atoms with E-state index in [4.69, 9.17) is 5.73 Å². The molecule has 0 saturated heterocycles. The Hall–Kier alpha value is -0.570. The minimum Gasteiger partial charge on any atom is -0.345 e. The summed E-state index contributed by atoms with van der Waals surface area (Å²) in [6, 6.07) is 0. The van der Waals surface area contributed by atoms with E-state index >= 15 is 0 Å². The fourth-order valence-corrected chi connectivity index (χ4v) is 1.51. The lowest BCUT2D eigenvalue weighted by Crippen LogP contribution is -2.39. The highest BCUT2D eigenvalue weighted by molar-refractivity contribution is 5.75. The van der Waals surface area contributed by atoms with Crippen LogP contribution in [-0.4, -0.2) is 30.9 Å². The first-order valence-corrected chi connectivity index (χ1v) is 5.87. The van der Waals surface area contributed by atoms with Crippen LogP contribution < -0.4 is 5.73 Å². The summed E-state index contributed by atoms with van der Waals surface area (Å²) >= 11 is 0. The van der Waals surface area contributed by atoms with E-state index in [0.717, 1.165) is 25.8 Å². The SMILES string of the molecule is CCCCCC(=O)N(C)CC(C)(C)CN.